The van der Waals surface area contributed by atoms with Gasteiger partial charge in [0.2, 0.25) is 11.8 Å². The fourth-order valence-electron chi connectivity index (χ4n) is 2.30. The van der Waals surface area contributed by atoms with Gasteiger partial charge in [-0.2, -0.15) is 0 Å². The lowest BCUT2D eigenvalue weighted by Crippen LogP contribution is -2.49. The second-order valence-corrected chi connectivity index (χ2v) is 6.72. The van der Waals surface area contributed by atoms with E-state index in [1.807, 2.05) is 18.2 Å². The summed E-state index contributed by atoms with van der Waals surface area (Å²) >= 11 is 11.9. The molecular formula is C19H19Cl2N3O4. The third-order valence-electron chi connectivity index (χ3n) is 3.72. The summed E-state index contributed by atoms with van der Waals surface area (Å²) in [5.41, 5.74) is 6.76. The summed E-state index contributed by atoms with van der Waals surface area (Å²) in [6.07, 6.45) is -0.661. The molecule has 0 unspecified atom stereocenters. The number of primary amides is 1. The van der Waals surface area contributed by atoms with E-state index in [2.05, 4.69) is 10.6 Å². The number of ether oxygens (including phenoxy) is 1. The topological polar surface area (TPSA) is 111 Å². The average Bonchev–Trinajstić information content (AvgIpc) is 2.66. The van der Waals surface area contributed by atoms with Crippen LogP contribution in [0.1, 0.15) is 11.1 Å². The Morgan fingerprint density at radius 3 is 2.43 bits per heavy atom. The Morgan fingerprint density at radius 2 is 1.79 bits per heavy atom. The van der Waals surface area contributed by atoms with Gasteiger partial charge in [0.1, 0.15) is 19.2 Å². The van der Waals surface area contributed by atoms with E-state index in [-0.39, 0.29) is 19.6 Å². The summed E-state index contributed by atoms with van der Waals surface area (Å²) in [7, 11) is 0. The number of hydrogen-bond acceptors (Lipinski definition) is 4. The lowest BCUT2D eigenvalue weighted by molar-refractivity contribution is -0.126. The molecule has 0 fully saturated rings. The number of halogens is 2. The molecule has 2 aromatic carbocycles. The maximum Gasteiger partial charge on any atom is 0.407 e. The van der Waals surface area contributed by atoms with E-state index in [1.165, 1.54) is 6.07 Å². The first kappa shape index (κ1) is 21.5. The Morgan fingerprint density at radius 1 is 1.07 bits per heavy atom. The van der Waals surface area contributed by atoms with Crippen molar-refractivity contribution in [2.45, 2.75) is 19.1 Å². The van der Waals surface area contributed by atoms with E-state index in [4.69, 9.17) is 33.7 Å². The van der Waals surface area contributed by atoms with Crippen LogP contribution in [0.2, 0.25) is 10.0 Å². The van der Waals surface area contributed by atoms with Gasteiger partial charge >= 0.3 is 6.09 Å². The molecule has 3 amide bonds. The van der Waals surface area contributed by atoms with E-state index in [9.17, 15) is 14.4 Å². The first-order valence-corrected chi connectivity index (χ1v) is 9.08. The summed E-state index contributed by atoms with van der Waals surface area (Å²) in [6, 6.07) is 12.9. The van der Waals surface area contributed by atoms with Crippen LogP contribution in [0.3, 0.4) is 0 Å². The second-order valence-electron chi connectivity index (χ2n) is 5.88. The molecule has 2 rings (SSSR count). The molecule has 0 bridgehead atoms. The lowest BCUT2D eigenvalue weighted by Gasteiger charge is -2.16. The molecule has 0 aromatic heterocycles. The van der Waals surface area contributed by atoms with Gasteiger partial charge in [0.25, 0.3) is 0 Å². The van der Waals surface area contributed by atoms with Crippen LogP contribution in [-0.2, 0) is 27.4 Å². The number of nitrogens with two attached hydrogens (primary N) is 1. The van der Waals surface area contributed by atoms with Crippen LogP contribution in [0.15, 0.2) is 48.5 Å². The number of alkyl carbamates (subject to hydrolysis) is 1. The standard InChI is InChI=1S/C19H19Cl2N3O4/c20-14-7-6-13(15(21)9-14)8-16(18(22)26)24-17(25)10-23-19(27)28-11-12-4-2-1-3-5-12/h1-7,9,16H,8,10-11H2,(H2,22,26)(H,23,27)(H,24,25)/t16-/m0/s1. The molecular weight excluding hydrogens is 405 g/mol. The smallest absolute Gasteiger partial charge is 0.407 e. The molecule has 0 spiro atoms. The van der Waals surface area contributed by atoms with Gasteiger partial charge in [-0.05, 0) is 23.3 Å². The fourth-order valence-corrected chi connectivity index (χ4v) is 2.79. The second kappa shape index (κ2) is 10.5. The Kier molecular flexibility index (Phi) is 8.10. The highest BCUT2D eigenvalue weighted by atomic mass is 35.5. The Hall–Kier alpha value is -2.77. The van der Waals surface area contributed by atoms with Crippen molar-refractivity contribution in [2.75, 3.05) is 6.54 Å². The van der Waals surface area contributed by atoms with Crippen LogP contribution < -0.4 is 16.4 Å². The molecule has 0 aliphatic rings. The van der Waals surface area contributed by atoms with Gasteiger partial charge in [0.05, 0.1) is 0 Å². The summed E-state index contributed by atoms with van der Waals surface area (Å²) in [6.45, 7) is -0.293. The maximum absolute atomic E-state index is 12.0. The quantitative estimate of drug-likeness (QED) is 0.605. The van der Waals surface area contributed by atoms with Crippen LogP contribution in [0, 0.1) is 0 Å². The van der Waals surface area contributed by atoms with Crippen LogP contribution >= 0.6 is 23.2 Å². The van der Waals surface area contributed by atoms with Crippen molar-refractivity contribution in [3.05, 3.63) is 69.7 Å². The first-order valence-electron chi connectivity index (χ1n) is 8.32. The van der Waals surface area contributed by atoms with E-state index in [1.54, 1.807) is 24.3 Å². The summed E-state index contributed by atoms with van der Waals surface area (Å²) in [5, 5.41) is 5.58. The minimum absolute atomic E-state index is 0.0767. The van der Waals surface area contributed by atoms with E-state index in [0.29, 0.717) is 15.6 Å². The molecule has 0 aliphatic carbocycles. The average molecular weight is 424 g/mol. The van der Waals surface area contributed by atoms with E-state index in [0.717, 1.165) is 5.56 Å². The molecule has 0 saturated heterocycles. The van der Waals surface area contributed by atoms with E-state index >= 15 is 0 Å². The van der Waals surface area contributed by atoms with Gasteiger partial charge in [-0.3, -0.25) is 9.59 Å². The predicted molar refractivity (Wildman–Crippen MR) is 106 cm³/mol. The number of benzene rings is 2. The third kappa shape index (κ3) is 7.09. The number of hydrogen-bond donors (Lipinski definition) is 3. The van der Waals surface area contributed by atoms with Gasteiger partial charge in [-0.25, -0.2) is 4.79 Å². The largest absolute Gasteiger partial charge is 0.445 e. The molecule has 0 aliphatic heterocycles. The van der Waals surface area contributed by atoms with Gasteiger partial charge < -0.3 is 21.1 Å². The Balaban J connectivity index is 1.81. The minimum atomic E-state index is -0.992. The van der Waals surface area contributed by atoms with Crippen molar-refractivity contribution in [2.24, 2.45) is 5.73 Å². The van der Waals surface area contributed by atoms with Gasteiger partial charge in [0.15, 0.2) is 0 Å². The zero-order valence-electron chi connectivity index (χ0n) is 14.8. The Bertz CT molecular complexity index is 846. The van der Waals surface area contributed by atoms with Crippen LogP contribution in [-0.4, -0.2) is 30.5 Å². The molecule has 1 atom stereocenters. The zero-order chi connectivity index (χ0) is 20.5. The third-order valence-corrected chi connectivity index (χ3v) is 4.31. The van der Waals surface area contributed by atoms with Crippen molar-refractivity contribution < 1.29 is 19.1 Å². The van der Waals surface area contributed by atoms with E-state index < -0.39 is 23.9 Å². The molecule has 7 nitrogen and oxygen atoms in total. The summed E-state index contributed by atoms with van der Waals surface area (Å²) in [4.78, 5) is 35.3. The summed E-state index contributed by atoms with van der Waals surface area (Å²) in [5.74, 6) is -1.32. The lowest BCUT2D eigenvalue weighted by atomic mass is 10.1. The molecule has 148 valence electrons. The fraction of sp³-hybridized carbons (Fsp3) is 0.211. The van der Waals surface area contributed by atoms with Crippen molar-refractivity contribution >= 4 is 41.1 Å². The minimum Gasteiger partial charge on any atom is -0.445 e. The van der Waals surface area contributed by atoms with Crippen LogP contribution in [0.25, 0.3) is 0 Å². The van der Waals surface area contributed by atoms with Crippen molar-refractivity contribution in [1.82, 2.24) is 10.6 Å². The maximum atomic E-state index is 12.0. The molecule has 0 radical (unpaired) electrons. The van der Waals surface area contributed by atoms with Crippen LogP contribution in [0.4, 0.5) is 4.79 Å². The van der Waals surface area contributed by atoms with Crippen molar-refractivity contribution in [3.63, 3.8) is 0 Å². The predicted octanol–water partition coefficient (Wildman–Crippen LogP) is 2.43. The number of nitrogens with one attached hydrogen (secondary N) is 2. The number of carbonyl (C=O) groups excluding carboxylic acids is 3. The zero-order valence-corrected chi connectivity index (χ0v) is 16.3. The van der Waals surface area contributed by atoms with Crippen LogP contribution in [0.5, 0.6) is 0 Å². The normalized spacial score (nSPS) is 11.4. The molecule has 28 heavy (non-hydrogen) atoms. The van der Waals surface area contributed by atoms with Gasteiger partial charge in [-0.1, -0.05) is 59.6 Å². The number of amides is 3. The first-order chi connectivity index (χ1) is 13.3. The molecule has 9 heteroatoms. The van der Waals surface area contributed by atoms with Gasteiger partial charge in [0, 0.05) is 16.5 Å². The highest BCUT2D eigenvalue weighted by molar-refractivity contribution is 6.35. The number of rotatable bonds is 8. The summed E-state index contributed by atoms with van der Waals surface area (Å²) < 4.78 is 5.00. The highest BCUT2D eigenvalue weighted by Gasteiger charge is 2.20. The Labute approximate surface area is 172 Å². The van der Waals surface area contributed by atoms with Crippen molar-refractivity contribution in [1.29, 1.82) is 0 Å². The highest BCUT2D eigenvalue weighted by Crippen LogP contribution is 2.22. The SMILES string of the molecule is NC(=O)[C@H](Cc1ccc(Cl)cc1Cl)NC(=O)CNC(=O)OCc1ccccc1. The van der Waals surface area contributed by atoms with Crippen molar-refractivity contribution in [3.8, 4) is 0 Å². The molecule has 4 N–H and O–H groups in total. The monoisotopic (exact) mass is 423 g/mol. The number of carbonyl (C=O) groups is 3. The molecule has 0 saturated carbocycles. The molecule has 0 heterocycles. The molecule has 2 aromatic rings. The van der Waals surface area contributed by atoms with Gasteiger partial charge in [-0.15, -0.1) is 0 Å².